The third kappa shape index (κ3) is 2.15. The Morgan fingerprint density at radius 1 is 1.36 bits per heavy atom. The zero-order valence-electron chi connectivity index (χ0n) is 5.37. The molecule has 1 N–H and O–H groups in total. The van der Waals surface area contributed by atoms with Crippen molar-refractivity contribution in [3.8, 4) is 0 Å². The largest absolute Gasteiger partial charge is 0.414 e. The lowest BCUT2D eigenvalue weighted by Crippen LogP contribution is -2.25. The number of allylic oxidation sites excluding steroid dienone is 2. The minimum atomic E-state index is -4.25. The van der Waals surface area contributed by atoms with Crippen LogP contribution in [-0.4, -0.2) is 12.7 Å². The summed E-state index contributed by atoms with van der Waals surface area (Å²) in [6, 6.07) is 0. The molecule has 0 aromatic rings. The van der Waals surface area contributed by atoms with Crippen LogP contribution in [0.5, 0.6) is 0 Å². The van der Waals surface area contributed by atoms with Gasteiger partial charge in [-0.3, -0.25) is 0 Å². The van der Waals surface area contributed by atoms with E-state index in [2.05, 4.69) is 5.32 Å². The highest BCUT2D eigenvalue weighted by atomic mass is 35.5. The first kappa shape index (κ1) is 8.46. The smallest absolute Gasteiger partial charge is 0.372 e. The average molecular weight is 184 g/mol. The number of hydrogen-bond acceptors (Lipinski definition) is 1. The van der Waals surface area contributed by atoms with Gasteiger partial charge in [0.15, 0.2) is 0 Å². The first-order valence-corrected chi connectivity index (χ1v) is 3.25. The van der Waals surface area contributed by atoms with Gasteiger partial charge in [0.2, 0.25) is 0 Å². The summed E-state index contributed by atoms with van der Waals surface area (Å²) in [6.07, 6.45) is -2.09. The monoisotopic (exact) mass is 183 g/mol. The Morgan fingerprint density at radius 2 is 2.00 bits per heavy atom. The number of alkyl halides is 3. The molecule has 0 unspecified atom stereocenters. The van der Waals surface area contributed by atoms with E-state index in [0.717, 1.165) is 6.08 Å². The quantitative estimate of drug-likeness (QED) is 0.568. The van der Waals surface area contributed by atoms with Crippen LogP contribution in [-0.2, 0) is 0 Å². The van der Waals surface area contributed by atoms with Gasteiger partial charge in [-0.25, -0.2) is 0 Å². The van der Waals surface area contributed by atoms with Crippen LogP contribution in [0.25, 0.3) is 0 Å². The van der Waals surface area contributed by atoms with E-state index in [1.807, 2.05) is 0 Å². The minimum absolute atomic E-state index is 0.234. The third-order valence-electron chi connectivity index (χ3n) is 1.24. The number of hydrogen-bond donors (Lipinski definition) is 1. The molecule has 0 saturated heterocycles. The van der Waals surface area contributed by atoms with Gasteiger partial charge in [0.1, 0.15) is 5.16 Å². The van der Waals surface area contributed by atoms with Crippen LogP contribution in [0.2, 0.25) is 0 Å². The fourth-order valence-electron chi connectivity index (χ4n) is 0.666. The van der Waals surface area contributed by atoms with Gasteiger partial charge >= 0.3 is 6.18 Å². The molecule has 0 atom stereocenters. The van der Waals surface area contributed by atoms with E-state index < -0.39 is 11.7 Å². The van der Waals surface area contributed by atoms with Gasteiger partial charge in [-0.1, -0.05) is 11.6 Å². The van der Waals surface area contributed by atoms with Gasteiger partial charge in [0.25, 0.3) is 0 Å². The molecule has 1 aliphatic heterocycles. The SMILES string of the molecule is FC(F)(F)C1=CC=C(Cl)NC1. The average Bonchev–Trinajstić information content (AvgIpc) is 1.86. The van der Waals surface area contributed by atoms with Crippen molar-refractivity contribution in [2.75, 3.05) is 6.54 Å². The summed E-state index contributed by atoms with van der Waals surface area (Å²) in [6.45, 7) is -0.251. The minimum Gasteiger partial charge on any atom is -0.372 e. The van der Waals surface area contributed by atoms with Gasteiger partial charge in [0, 0.05) is 6.54 Å². The Balaban J connectivity index is 2.77. The van der Waals surface area contributed by atoms with Crippen LogP contribution in [0, 0.1) is 0 Å². The number of rotatable bonds is 0. The lowest BCUT2D eigenvalue weighted by Gasteiger charge is -2.15. The second kappa shape index (κ2) is 2.77. The first-order chi connectivity index (χ1) is 5.00. The number of nitrogens with one attached hydrogen (secondary N) is 1. The topological polar surface area (TPSA) is 12.0 Å². The van der Waals surface area contributed by atoms with Crippen LogP contribution in [0.4, 0.5) is 13.2 Å². The van der Waals surface area contributed by atoms with Gasteiger partial charge in [-0.2, -0.15) is 13.2 Å². The molecule has 0 bridgehead atoms. The van der Waals surface area contributed by atoms with Gasteiger partial charge in [-0.15, -0.1) is 0 Å². The molecule has 0 aromatic carbocycles. The van der Waals surface area contributed by atoms with Crippen molar-refractivity contribution in [3.05, 3.63) is 22.9 Å². The highest BCUT2D eigenvalue weighted by Crippen LogP contribution is 2.26. The zero-order valence-corrected chi connectivity index (χ0v) is 6.13. The molecule has 0 aliphatic carbocycles. The maximum atomic E-state index is 11.9. The molecule has 1 heterocycles. The Morgan fingerprint density at radius 3 is 2.36 bits per heavy atom. The molecule has 0 aromatic heterocycles. The molecule has 62 valence electrons. The Bertz CT molecular complexity index is 216. The van der Waals surface area contributed by atoms with Crippen molar-refractivity contribution in [1.82, 2.24) is 5.32 Å². The van der Waals surface area contributed by atoms with E-state index >= 15 is 0 Å². The molecule has 1 nitrogen and oxygen atoms in total. The molecule has 0 fully saturated rings. The second-order valence-corrected chi connectivity index (χ2v) is 2.47. The molecule has 1 aliphatic rings. The summed E-state index contributed by atoms with van der Waals surface area (Å²) < 4.78 is 35.7. The van der Waals surface area contributed by atoms with Crippen molar-refractivity contribution in [2.45, 2.75) is 6.18 Å². The second-order valence-electron chi connectivity index (χ2n) is 2.06. The highest BCUT2D eigenvalue weighted by Gasteiger charge is 2.33. The third-order valence-corrected chi connectivity index (χ3v) is 1.50. The van der Waals surface area contributed by atoms with Crippen molar-refractivity contribution in [2.24, 2.45) is 0 Å². The van der Waals surface area contributed by atoms with E-state index in [-0.39, 0.29) is 11.7 Å². The summed E-state index contributed by atoms with van der Waals surface area (Å²) in [4.78, 5) is 0. The standard InChI is InChI=1S/C6H5ClF3N/c7-5-2-1-4(3-11-5)6(8,9)10/h1-2,11H,3H2. The molecular formula is C6H5ClF3N. The maximum absolute atomic E-state index is 11.9. The van der Waals surface area contributed by atoms with Gasteiger partial charge < -0.3 is 5.32 Å². The van der Waals surface area contributed by atoms with Crippen LogP contribution < -0.4 is 5.32 Å². The summed E-state index contributed by atoms with van der Waals surface area (Å²) in [5.41, 5.74) is -0.609. The van der Waals surface area contributed by atoms with E-state index in [0.29, 0.717) is 0 Å². The van der Waals surface area contributed by atoms with Crippen LogP contribution in [0.15, 0.2) is 22.9 Å². The zero-order chi connectivity index (χ0) is 8.48. The summed E-state index contributed by atoms with van der Waals surface area (Å²) in [5, 5.41) is 2.61. The van der Waals surface area contributed by atoms with Gasteiger partial charge in [0.05, 0.1) is 5.57 Å². The van der Waals surface area contributed by atoms with Crippen molar-refractivity contribution in [3.63, 3.8) is 0 Å². The Hall–Kier alpha value is -0.640. The number of dihydropyridines is 1. The predicted octanol–water partition coefficient (Wildman–Crippen LogP) is 2.16. The van der Waals surface area contributed by atoms with Crippen LogP contribution in [0.1, 0.15) is 0 Å². The molecule has 1 rings (SSSR count). The molecule has 0 spiro atoms. The summed E-state index contributed by atoms with van der Waals surface area (Å²) in [7, 11) is 0. The lowest BCUT2D eigenvalue weighted by atomic mass is 10.2. The predicted molar refractivity (Wildman–Crippen MR) is 36.1 cm³/mol. The lowest BCUT2D eigenvalue weighted by molar-refractivity contribution is -0.0928. The maximum Gasteiger partial charge on any atom is 0.414 e. The molecule has 5 heteroatoms. The van der Waals surface area contributed by atoms with E-state index in [9.17, 15) is 13.2 Å². The molecular weight excluding hydrogens is 179 g/mol. The number of halogens is 4. The van der Waals surface area contributed by atoms with Crippen molar-refractivity contribution >= 4 is 11.6 Å². The van der Waals surface area contributed by atoms with E-state index in [4.69, 9.17) is 11.6 Å². The molecule has 0 radical (unpaired) electrons. The van der Waals surface area contributed by atoms with Gasteiger partial charge in [-0.05, 0) is 12.2 Å². The van der Waals surface area contributed by atoms with Crippen molar-refractivity contribution in [1.29, 1.82) is 0 Å². The van der Waals surface area contributed by atoms with E-state index in [1.165, 1.54) is 6.08 Å². The summed E-state index contributed by atoms with van der Waals surface area (Å²) in [5.74, 6) is 0. The molecule has 0 saturated carbocycles. The Labute approximate surface area is 66.5 Å². The fourth-order valence-corrected chi connectivity index (χ4v) is 0.796. The van der Waals surface area contributed by atoms with Crippen molar-refractivity contribution < 1.29 is 13.2 Å². The molecule has 0 amide bonds. The van der Waals surface area contributed by atoms with E-state index in [1.54, 1.807) is 0 Å². The summed E-state index contributed by atoms with van der Waals surface area (Å²) >= 11 is 5.37. The molecule has 11 heavy (non-hydrogen) atoms. The fraction of sp³-hybridized carbons (Fsp3) is 0.333. The Kier molecular flexibility index (Phi) is 2.13. The normalized spacial score (nSPS) is 18.5. The first-order valence-electron chi connectivity index (χ1n) is 2.87. The van der Waals surface area contributed by atoms with Crippen LogP contribution in [0.3, 0.4) is 0 Å². The highest BCUT2D eigenvalue weighted by molar-refractivity contribution is 6.29. The van der Waals surface area contributed by atoms with Crippen LogP contribution >= 0.6 is 11.6 Å².